The van der Waals surface area contributed by atoms with Crippen LogP contribution in [0.3, 0.4) is 0 Å². The Morgan fingerprint density at radius 3 is 2.59 bits per heavy atom. The zero-order valence-electron chi connectivity index (χ0n) is 15.6. The Kier molecular flexibility index (Phi) is 6.54. The number of carbonyl (C=O) groups excluding carboxylic acids is 1. The molecule has 0 aliphatic carbocycles. The van der Waals surface area contributed by atoms with Gasteiger partial charge in [-0.05, 0) is 43.7 Å². The van der Waals surface area contributed by atoms with Gasteiger partial charge in [-0.1, -0.05) is 12.1 Å². The number of hydrogen-bond acceptors (Lipinski definition) is 5. The standard InChI is InChI=1S/C21H23N3O2S/c1-3-26-18-6-4-16(5-7-18)14-20(25)23-13-10-19-15(2)24-21(27-19)17-8-11-22-12-9-17/h4-9,11-12H,3,10,13-14H2,1-2H3,(H,23,25). The summed E-state index contributed by atoms with van der Waals surface area (Å²) in [6, 6.07) is 11.6. The molecule has 5 nitrogen and oxygen atoms in total. The molecule has 2 heterocycles. The summed E-state index contributed by atoms with van der Waals surface area (Å²) in [6.45, 7) is 5.21. The van der Waals surface area contributed by atoms with E-state index in [-0.39, 0.29) is 5.91 Å². The molecule has 0 saturated heterocycles. The maximum absolute atomic E-state index is 12.2. The van der Waals surface area contributed by atoms with Crippen molar-refractivity contribution in [3.63, 3.8) is 0 Å². The van der Waals surface area contributed by atoms with E-state index in [1.807, 2.05) is 50.2 Å². The molecule has 3 rings (SSSR count). The normalized spacial score (nSPS) is 10.6. The summed E-state index contributed by atoms with van der Waals surface area (Å²) >= 11 is 1.67. The molecule has 2 aromatic heterocycles. The summed E-state index contributed by atoms with van der Waals surface area (Å²) in [5.74, 6) is 0.850. The summed E-state index contributed by atoms with van der Waals surface area (Å²) < 4.78 is 5.42. The summed E-state index contributed by atoms with van der Waals surface area (Å²) in [5.41, 5.74) is 3.07. The van der Waals surface area contributed by atoms with Crippen LogP contribution < -0.4 is 10.1 Å². The molecule has 0 saturated carbocycles. The van der Waals surface area contributed by atoms with Crippen LogP contribution in [0.2, 0.25) is 0 Å². The monoisotopic (exact) mass is 381 g/mol. The van der Waals surface area contributed by atoms with E-state index in [4.69, 9.17) is 4.74 Å². The quantitative estimate of drug-likeness (QED) is 0.644. The smallest absolute Gasteiger partial charge is 0.224 e. The van der Waals surface area contributed by atoms with Gasteiger partial charge >= 0.3 is 0 Å². The topological polar surface area (TPSA) is 64.1 Å². The molecule has 0 bridgehead atoms. The van der Waals surface area contributed by atoms with Crippen LogP contribution in [0, 0.1) is 6.92 Å². The molecule has 1 amide bonds. The maximum atomic E-state index is 12.2. The lowest BCUT2D eigenvalue weighted by atomic mass is 10.1. The molecule has 0 aliphatic rings. The van der Waals surface area contributed by atoms with Gasteiger partial charge in [0.1, 0.15) is 10.8 Å². The van der Waals surface area contributed by atoms with E-state index in [0.717, 1.165) is 34.0 Å². The Morgan fingerprint density at radius 2 is 1.89 bits per heavy atom. The first-order valence-electron chi connectivity index (χ1n) is 9.01. The number of amides is 1. The molecule has 3 aromatic rings. The largest absolute Gasteiger partial charge is 0.494 e. The number of hydrogen-bond donors (Lipinski definition) is 1. The molecular formula is C21H23N3O2S. The van der Waals surface area contributed by atoms with Crippen molar-refractivity contribution in [2.75, 3.05) is 13.2 Å². The van der Waals surface area contributed by atoms with Gasteiger partial charge in [-0.3, -0.25) is 9.78 Å². The zero-order chi connectivity index (χ0) is 19.1. The highest BCUT2D eigenvalue weighted by atomic mass is 32.1. The number of pyridine rings is 1. The van der Waals surface area contributed by atoms with Gasteiger partial charge in [0.15, 0.2) is 0 Å². The maximum Gasteiger partial charge on any atom is 0.224 e. The molecule has 0 unspecified atom stereocenters. The molecule has 27 heavy (non-hydrogen) atoms. The number of carbonyl (C=O) groups is 1. The van der Waals surface area contributed by atoms with E-state index in [0.29, 0.717) is 19.6 Å². The SMILES string of the molecule is CCOc1ccc(CC(=O)NCCc2sc(-c3ccncc3)nc2C)cc1. The molecule has 6 heteroatoms. The molecule has 1 N–H and O–H groups in total. The van der Waals surface area contributed by atoms with Gasteiger partial charge in [-0.15, -0.1) is 11.3 Å². The first-order valence-corrected chi connectivity index (χ1v) is 9.82. The second-order valence-corrected chi connectivity index (χ2v) is 7.20. The van der Waals surface area contributed by atoms with E-state index in [9.17, 15) is 4.79 Å². The fraction of sp³-hybridized carbons (Fsp3) is 0.286. The average molecular weight is 382 g/mol. The third-order valence-electron chi connectivity index (χ3n) is 4.09. The Morgan fingerprint density at radius 1 is 1.15 bits per heavy atom. The lowest BCUT2D eigenvalue weighted by molar-refractivity contribution is -0.120. The Bertz CT molecular complexity index is 876. The molecule has 0 spiro atoms. The van der Waals surface area contributed by atoms with Crippen LogP contribution in [-0.2, 0) is 17.6 Å². The minimum absolute atomic E-state index is 0.0238. The van der Waals surface area contributed by atoms with Gasteiger partial charge in [-0.25, -0.2) is 4.98 Å². The van der Waals surface area contributed by atoms with Gasteiger partial charge in [0.25, 0.3) is 0 Å². The summed E-state index contributed by atoms with van der Waals surface area (Å²) in [7, 11) is 0. The molecule has 0 radical (unpaired) electrons. The van der Waals surface area contributed by atoms with Crippen LogP contribution in [0.25, 0.3) is 10.6 Å². The first kappa shape index (κ1) is 19.0. The number of aryl methyl sites for hydroxylation is 1. The Balaban J connectivity index is 1.49. The highest BCUT2D eigenvalue weighted by Gasteiger charge is 2.10. The van der Waals surface area contributed by atoms with E-state index < -0.39 is 0 Å². The number of thiazole rings is 1. The zero-order valence-corrected chi connectivity index (χ0v) is 16.4. The summed E-state index contributed by atoms with van der Waals surface area (Å²) in [6.07, 6.45) is 4.69. The van der Waals surface area contributed by atoms with Crippen molar-refractivity contribution in [3.05, 3.63) is 64.9 Å². The van der Waals surface area contributed by atoms with Crippen LogP contribution in [0.15, 0.2) is 48.8 Å². The van der Waals surface area contributed by atoms with Crippen molar-refractivity contribution >= 4 is 17.2 Å². The second kappa shape index (κ2) is 9.28. The highest BCUT2D eigenvalue weighted by Crippen LogP contribution is 2.27. The third kappa shape index (κ3) is 5.37. The number of benzene rings is 1. The van der Waals surface area contributed by atoms with Crippen molar-refractivity contribution in [1.82, 2.24) is 15.3 Å². The van der Waals surface area contributed by atoms with Gasteiger partial charge in [0.05, 0.1) is 18.7 Å². The van der Waals surface area contributed by atoms with E-state index in [1.165, 1.54) is 4.88 Å². The van der Waals surface area contributed by atoms with E-state index in [1.54, 1.807) is 23.7 Å². The molecule has 0 fully saturated rings. The Hall–Kier alpha value is -2.73. The van der Waals surface area contributed by atoms with Gasteiger partial charge in [-0.2, -0.15) is 0 Å². The van der Waals surface area contributed by atoms with Gasteiger partial charge in [0, 0.05) is 35.8 Å². The second-order valence-electron chi connectivity index (χ2n) is 6.12. The summed E-state index contributed by atoms with van der Waals surface area (Å²) in [5, 5.41) is 3.99. The predicted octanol–water partition coefficient (Wildman–Crippen LogP) is 3.81. The molecule has 0 aliphatic heterocycles. The van der Waals surface area contributed by atoms with Crippen molar-refractivity contribution in [2.45, 2.75) is 26.7 Å². The van der Waals surface area contributed by atoms with Crippen molar-refractivity contribution in [1.29, 1.82) is 0 Å². The van der Waals surface area contributed by atoms with Gasteiger partial charge in [0.2, 0.25) is 5.91 Å². The first-order chi connectivity index (χ1) is 13.2. The lowest BCUT2D eigenvalue weighted by Gasteiger charge is -2.06. The average Bonchev–Trinajstić information content (AvgIpc) is 3.05. The van der Waals surface area contributed by atoms with Crippen LogP contribution >= 0.6 is 11.3 Å². The molecule has 1 aromatic carbocycles. The predicted molar refractivity (Wildman–Crippen MR) is 108 cm³/mol. The number of nitrogens with one attached hydrogen (secondary N) is 1. The fourth-order valence-corrected chi connectivity index (χ4v) is 3.78. The number of aromatic nitrogens is 2. The molecule has 140 valence electrons. The fourth-order valence-electron chi connectivity index (χ4n) is 2.71. The van der Waals surface area contributed by atoms with Gasteiger partial charge < -0.3 is 10.1 Å². The van der Waals surface area contributed by atoms with Crippen LogP contribution in [0.4, 0.5) is 0 Å². The number of ether oxygens (including phenoxy) is 1. The van der Waals surface area contributed by atoms with E-state index in [2.05, 4.69) is 15.3 Å². The third-order valence-corrected chi connectivity index (χ3v) is 5.36. The minimum Gasteiger partial charge on any atom is -0.494 e. The summed E-state index contributed by atoms with van der Waals surface area (Å²) in [4.78, 5) is 22.0. The lowest BCUT2D eigenvalue weighted by Crippen LogP contribution is -2.27. The van der Waals surface area contributed by atoms with Crippen LogP contribution in [-0.4, -0.2) is 29.0 Å². The molecular weight excluding hydrogens is 358 g/mol. The van der Waals surface area contributed by atoms with Crippen molar-refractivity contribution in [3.8, 4) is 16.3 Å². The minimum atomic E-state index is 0.0238. The highest BCUT2D eigenvalue weighted by molar-refractivity contribution is 7.15. The molecule has 0 atom stereocenters. The number of nitrogens with zero attached hydrogens (tertiary/aromatic N) is 2. The Labute approximate surface area is 163 Å². The van der Waals surface area contributed by atoms with Crippen molar-refractivity contribution in [2.24, 2.45) is 0 Å². The number of rotatable bonds is 8. The van der Waals surface area contributed by atoms with Crippen LogP contribution in [0.1, 0.15) is 23.1 Å². The van der Waals surface area contributed by atoms with E-state index >= 15 is 0 Å². The van der Waals surface area contributed by atoms with Crippen molar-refractivity contribution < 1.29 is 9.53 Å². The van der Waals surface area contributed by atoms with Crippen LogP contribution in [0.5, 0.6) is 5.75 Å².